The predicted molar refractivity (Wildman–Crippen MR) is 40.0 cm³/mol. The van der Waals surface area contributed by atoms with Crippen LogP contribution in [0.25, 0.3) is 0 Å². The average Bonchev–Trinajstić information content (AvgIpc) is 1.94. The maximum atomic E-state index is 10.3. The number of pyridine rings is 1. The molecule has 0 saturated heterocycles. The van der Waals surface area contributed by atoms with E-state index in [-0.39, 0.29) is 5.82 Å². The lowest BCUT2D eigenvalue weighted by molar-refractivity contribution is -0.390. The molecule has 0 aliphatic rings. The zero-order valence-electron chi connectivity index (χ0n) is 5.94. The van der Waals surface area contributed by atoms with Crippen LogP contribution in [0.4, 0.5) is 11.5 Å². The Morgan fingerprint density at radius 2 is 2.36 bits per heavy atom. The summed E-state index contributed by atoms with van der Waals surface area (Å²) in [7, 11) is 0. The van der Waals surface area contributed by atoms with E-state index in [0.29, 0.717) is 11.3 Å². The number of nitrogen functional groups attached to an aromatic ring is 1. The van der Waals surface area contributed by atoms with Crippen molar-refractivity contribution >= 4 is 11.5 Å². The highest BCUT2D eigenvalue weighted by Crippen LogP contribution is 2.18. The van der Waals surface area contributed by atoms with Gasteiger partial charge in [-0.05, 0) is 16.8 Å². The number of nitrogens with zero attached hydrogens (tertiary/aromatic N) is 2. The molecule has 1 heterocycles. The molecule has 0 amide bonds. The summed E-state index contributed by atoms with van der Waals surface area (Å²) in [6, 6.07) is 1.53. The molecule has 0 aromatic carbocycles. The Morgan fingerprint density at radius 1 is 1.73 bits per heavy atom. The molecule has 1 aromatic rings. The third-order valence-electron chi connectivity index (χ3n) is 1.39. The minimum absolute atomic E-state index is 0.176. The number of nitrogens with two attached hydrogens (primary N) is 1. The molecule has 5 nitrogen and oxygen atoms in total. The highest BCUT2D eigenvalue weighted by atomic mass is 16.6. The monoisotopic (exact) mass is 153 g/mol. The first-order valence-corrected chi connectivity index (χ1v) is 2.98. The maximum Gasteiger partial charge on any atom is 0.368 e. The van der Waals surface area contributed by atoms with Gasteiger partial charge in [0.1, 0.15) is 6.20 Å². The van der Waals surface area contributed by atoms with Gasteiger partial charge in [-0.15, -0.1) is 0 Å². The summed E-state index contributed by atoms with van der Waals surface area (Å²) in [6.45, 7) is 1.57. The van der Waals surface area contributed by atoms with Crippen molar-refractivity contribution in [2.24, 2.45) is 0 Å². The number of aromatic nitrogens is 1. The van der Waals surface area contributed by atoms with Gasteiger partial charge in [0, 0.05) is 11.8 Å². The molecule has 0 aliphatic heterocycles. The highest BCUT2D eigenvalue weighted by Gasteiger charge is 2.12. The van der Waals surface area contributed by atoms with Gasteiger partial charge < -0.3 is 15.8 Å². The van der Waals surface area contributed by atoms with Crippen LogP contribution in [0.1, 0.15) is 5.56 Å². The van der Waals surface area contributed by atoms with Crippen molar-refractivity contribution in [3.05, 3.63) is 27.9 Å². The van der Waals surface area contributed by atoms with Gasteiger partial charge in [-0.3, -0.25) is 0 Å². The van der Waals surface area contributed by atoms with Crippen molar-refractivity contribution in [2.75, 3.05) is 5.73 Å². The smallest absolute Gasteiger partial charge is 0.368 e. The van der Waals surface area contributed by atoms with Crippen LogP contribution in [0.5, 0.6) is 0 Å². The second-order valence-corrected chi connectivity index (χ2v) is 2.11. The van der Waals surface area contributed by atoms with E-state index in [4.69, 9.17) is 5.73 Å². The van der Waals surface area contributed by atoms with Crippen LogP contribution in [-0.2, 0) is 0 Å². The van der Waals surface area contributed by atoms with Gasteiger partial charge in [0.2, 0.25) is 0 Å². The lowest BCUT2D eigenvalue weighted by Gasteiger charge is -1.97. The second-order valence-electron chi connectivity index (χ2n) is 2.11. The van der Waals surface area contributed by atoms with Crippen LogP contribution in [0.2, 0.25) is 0 Å². The summed E-state index contributed by atoms with van der Waals surface area (Å²) < 4.78 is 0. The van der Waals surface area contributed by atoms with E-state index >= 15 is 0 Å². The molecular weight excluding hydrogens is 146 g/mol. The van der Waals surface area contributed by atoms with Crippen LogP contribution in [0.15, 0.2) is 12.3 Å². The Morgan fingerprint density at radius 3 is 2.82 bits per heavy atom. The molecule has 5 heteroatoms. The Balaban J connectivity index is 3.27. The second kappa shape index (κ2) is 2.53. The molecule has 0 unspecified atom stereocenters. The summed E-state index contributed by atoms with van der Waals surface area (Å²) >= 11 is 0. The van der Waals surface area contributed by atoms with E-state index in [9.17, 15) is 10.1 Å². The standard InChI is InChI=1S/C6H7N3O2/c1-4-5(7)2-3-8-6(4)9(10)11/h2-3H,1H3,(H2,7,8). The van der Waals surface area contributed by atoms with E-state index in [0.717, 1.165) is 0 Å². The number of rotatable bonds is 1. The molecule has 0 radical (unpaired) electrons. The van der Waals surface area contributed by atoms with Crippen molar-refractivity contribution < 1.29 is 4.92 Å². The van der Waals surface area contributed by atoms with Crippen molar-refractivity contribution in [2.45, 2.75) is 6.92 Å². The third kappa shape index (κ3) is 1.26. The van der Waals surface area contributed by atoms with Crippen LogP contribution in [0.3, 0.4) is 0 Å². The van der Waals surface area contributed by atoms with Crippen LogP contribution in [0, 0.1) is 17.0 Å². The Kier molecular flexibility index (Phi) is 1.72. The molecule has 0 atom stereocenters. The first-order valence-electron chi connectivity index (χ1n) is 2.98. The lowest BCUT2D eigenvalue weighted by Crippen LogP contribution is -1.98. The number of nitro groups is 1. The summed E-state index contributed by atoms with van der Waals surface area (Å²) in [5.41, 5.74) is 6.22. The third-order valence-corrected chi connectivity index (χ3v) is 1.39. The van der Waals surface area contributed by atoms with Crippen LogP contribution < -0.4 is 5.73 Å². The van der Waals surface area contributed by atoms with E-state index in [1.807, 2.05) is 0 Å². The minimum Gasteiger partial charge on any atom is -0.398 e. The SMILES string of the molecule is Cc1c(N)ccnc1[N+](=O)[O-]. The Labute approximate surface area is 63.0 Å². The summed E-state index contributed by atoms with van der Waals surface area (Å²) in [5.74, 6) is -0.176. The highest BCUT2D eigenvalue weighted by molar-refractivity contribution is 5.52. The van der Waals surface area contributed by atoms with Gasteiger partial charge in [-0.1, -0.05) is 0 Å². The number of hydrogen-bond donors (Lipinski definition) is 1. The molecule has 11 heavy (non-hydrogen) atoms. The molecule has 0 fully saturated rings. The van der Waals surface area contributed by atoms with Gasteiger partial charge in [0.15, 0.2) is 0 Å². The largest absolute Gasteiger partial charge is 0.398 e. The van der Waals surface area contributed by atoms with Gasteiger partial charge in [-0.2, -0.15) is 0 Å². The van der Waals surface area contributed by atoms with Crippen molar-refractivity contribution in [1.29, 1.82) is 0 Å². The van der Waals surface area contributed by atoms with Crippen molar-refractivity contribution in [3.8, 4) is 0 Å². The predicted octanol–water partition coefficient (Wildman–Crippen LogP) is 0.880. The lowest BCUT2D eigenvalue weighted by atomic mass is 10.2. The zero-order valence-corrected chi connectivity index (χ0v) is 5.94. The summed E-state index contributed by atoms with van der Waals surface area (Å²) in [4.78, 5) is 13.3. The molecule has 2 N–H and O–H groups in total. The molecular formula is C6H7N3O2. The van der Waals surface area contributed by atoms with Crippen molar-refractivity contribution in [1.82, 2.24) is 4.98 Å². The fraction of sp³-hybridized carbons (Fsp3) is 0.167. The topological polar surface area (TPSA) is 82.0 Å². The number of anilines is 1. The Hall–Kier alpha value is -1.65. The molecule has 1 rings (SSSR count). The number of hydrogen-bond acceptors (Lipinski definition) is 4. The van der Waals surface area contributed by atoms with Gasteiger partial charge >= 0.3 is 5.82 Å². The van der Waals surface area contributed by atoms with Crippen molar-refractivity contribution in [3.63, 3.8) is 0 Å². The van der Waals surface area contributed by atoms with E-state index < -0.39 is 4.92 Å². The minimum atomic E-state index is -0.550. The molecule has 0 bridgehead atoms. The Bertz CT molecular complexity index is 298. The van der Waals surface area contributed by atoms with E-state index in [2.05, 4.69) is 4.98 Å². The molecule has 0 aliphatic carbocycles. The van der Waals surface area contributed by atoms with Crippen LogP contribution >= 0.6 is 0 Å². The summed E-state index contributed by atoms with van der Waals surface area (Å²) in [5, 5.41) is 10.3. The fourth-order valence-corrected chi connectivity index (χ4v) is 0.723. The average molecular weight is 153 g/mol. The van der Waals surface area contributed by atoms with Gasteiger partial charge in [0.25, 0.3) is 0 Å². The normalized spacial score (nSPS) is 9.55. The van der Waals surface area contributed by atoms with Crippen LogP contribution in [-0.4, -0.2) is 9.91 Å². The van der Waals surface area contributed by atoms with Gasteiger partial charge in [0.05, 0.1) is 5.56 Å². The first-order chi connectivity index (χ1) is 5.13. The molecule has 58 valence electrons. The zero-order chi connectivity index (χ0) is 8.43. The first kappa shape index (κ1) is 7.46. The fourth-order valence-electron chi connectivity index (χ4n) is 0.723. The molecule has 0 saturated carbocycles. The molecule has 0 spiro atoms. The summed E-state index contributed by atoms with van der Waals surface area (Å²) in [6.07, 6.45) is 1.32. The van der Waals surface area contributed by atoms with Gasteiger partial charge in [-0.25, -0.2) is 0 Å². The molecule has 1 aromatic heterocycles. The van der Waals surface area contributed by atoms with E-state index in [1.165, 1.54) is 12.3 Å². The maximum absolute atomic E-state index is 10.3. The quantitative estimate of drug-likeness (QED) is 0.479. The van der Waals surface area contributed by atoms with E-state index in [1.54, 1.807) is 6.92 Å².